The molecule has 0 saturated heterocycles. The van der Waals surface area contributed by atoms with Crippen molar-refractivity contribution < 1.29 is 9.50 Å². The zero-order valence-corrected chi connectivity index (χ0v) is 12.1. The van der Waals surface area contributed by atoms with Gasteiger partial charge in [-0.1, -0.05) is 47.5 Å². The molecule has 0 amide bonds. The average Bonchev–Trinajstić information content (AvgIpc) is 2.43. The minimum absolute atomic E-state index is 0.0487. The Hall–Kier alpha value is -1.13. The van der Waals surface area contributed by atoms with E-state index in [2.05, 4.69) is 0 Å². The van der Waals surface area contributed by atoms with Crippen LogP contribution >= 0.6 is 23.2 Å². The lowest BCUT2D eigenvalue weighted by atomic mass is 9.88. The number of hydrogen-bond acceptors (Lipinski definition) is 2. The van der Waals surface area contributed by atoms with Crippen LogP contribution in [0.15, 0.2) is 42.5 Å². The van der Waals surface area contributed by atoms with Crippen LogP contribution in [0.2, 0.25) is 10.0 Å². The zero-order chi connectivity index (χ0) is 14.7. The molecule has 0 saturated carbocycles. The van der Waals surface area contributed by atoms with E-state index in [0.717, 1.165) is 0 Å². The van der Waals surface area contributed by atoms with Crippen LogP contribution in [0, 0.1) is 5.82 Å². The number of nitrogens with two attached hydrogens (primary N) is 1. The molecule has 0 spiro atoms. The van der Waals surface area contributed by atoms with Gasteiger partial charge in [-0.3, -0.25) is 0 Å². The first kappa shape index (κ1) is 15.3. The summed E-state index contributed by atoms with van der Waals surface area (Å²) >= 11 is 12.1. The number of hydrogen-bond donors (Lipinski definition) is 2. The van der Waals surface area contributed by atoms with Gasteiger partial charge in [0.2, 0.25) is 0 Å². The fourth-order valence-corrected chi connectivity index (χ4v) is 2.75. The lowest BCUT2D eigenvalue weighted by molar-refractivity contribution is 0.146. The van der Waals surface area contributed by atoms with Gasteiger partial charge in [-0.05, 0) is 23.8 Å². The number of benzene rings is 2. The second-order valence-corrected chi connectivity index (χ2v) is 5.26. The molecule has 3 N–H and O–H groups in total. The quantitative estimate of drug-likeness (QED) is 0.899. The molecule has 0 aliphatic carbocycles. The van der Waals surface area contributed by atoms with Crippen LogP contribution in [0.4, 0.5) is 4.39 Å². The van der Waals surface area contributed by atoms with Crippen molar-refractivity contribution in [1.29, 1.82) is 0 Å². The van der Waals surface area contributed by atoms with Gasteiger partial charge in [0, 0.05) is 28.1 Å². The minimum Gasteiger partial charge on any atom is -0.388 e. The maximum absolute atomic E-state index is 14.0. The molecule has 106 valence electrons. The molecule has 0 radical (unpaired) electrons. The lowest BCUT2D eigenvalue weighted by Gasteiger charge is -2.24. The van der Waals surface area contributed by atoms with E-state index in [1.807, 2.05) is 0 Å². The minimum atomic E-state index is -1.02. The smallest absolute Gasteiger partial charge is 0.128 e. The summed E-state index contributed by atoms with van der Waals surface area (Å²) in [7, 11) is 0. The van der Waals surface area contributed by atoms with E-state index in [0.29, 0.717) is 10.6 Å². The standard InChI is InChI=1S/C15H14Cl2FNO/c16-11-5-2-1-4-9(11)15(20)10(8-19)14-12(17)6-3-7-13(14)18/h1-7,10,15,20H,8,19H2. The van der Waals surface area contributed by atoms with Gasteiger partial charge in [-0.25, -0.2) is 4.39 Å². The van der Waals surface area contributed by atoms with Crippen LogP contribution in [0.5, 0.6) is 0 Å². The van der Waals surface area contributed by atoms with Crippen LogP contribution in [-0.2, 0) is 0 Å². The van der Waals surface area contributed by atoms with Crippen LogP contribution in [0.25, 0.3) is 0 Å². The summed E-state index contributed by atoms with van der Waals surface area (Å²) in [5.41, 5.74) is 6.42. The summed E-state index contributed by atoms with van der Waals surface area (Å²) in [6.07, 6.45) is -1.02. The molecule has 2 nitrogen and oxygen atoms in total. The van der Waals surface area contributed by atoms with Crippen LogP contribution in [0.1, 0.15) is 23.1 Å². The average molecular weight is 314 g/mol. The third-order valence-electron chi connectivity index (χ3n) is 3.23. The number of halogens is 3. The third-order valence-corrected chi connectivity index (χ3v) is 3.90. The lowest BCUT2D eigenvalue weighted by Crippen LogP contribution is -2.22. The second kappa shape index (κ2) is 6.55. The van der Waals surface area contributed by atoms with E-state index < -0.39 is 17.8 Å². The maximum Gasteiger partial charge on any atom is 0.128 e. The van der Waals surface area contributed by atoms with Crippen molar-refractivity contribution >= 4 is 23.2 Å². The zero-order valence-electron chi connectivity index (χ0n) is 10.6. The Kier molecular flexibility index (Phi) is 5.00. The Labute approximate surface area is 126 Å². The fourth-order valence-electron chi connectivity index (χ4n) is 2.20. The summed E-state index contributed by atoms with van der Waals surface area (Å²) in [5, 5.41) is 11.1. The Morgan fingerprint density at radius 3 is 2.30 bits per heavy atom. The molecule has 0 aliphatic heterocycles. The molecule has 0 heterocycles. The van der Waals surface area contributed by atoms with Crippen molar-refractivity contribution in [3.05, 3.63) is 69.5 Å². The van der Waals surface area contributed by atoms with E-state index in [-0.39, 0.29) is 17.1 Å². The molecular formula is C15H14Cl2FNO. The molecule has 0 aromatic heterocycles. The monoisotopic (exact) mass is 313 g/mol. The normalized spacial score (nSPS) is 14.1. The first-order valence-corrected chi connectivity index (χ1v) is 6.88. The van der Waals surface area contributed by atoms with Crippen LogP contribution < -0.4 is 5.73 Å². The molecule has 0 bridgehead atoms. The van der Waals surface area contributed by atoms with E-state index in [1.54, 1.807) is 30.3 Å². The van der Waals surface area contributed by atoms with Crippen molar-refractivity contribution in [2.75, 3.05) is 6.54 Å². The molecule has 2 atom stereocenters. The molecule has 5 heteroatoms. The molecule has 2 unspecified atom stereocenters. The van der Waals surface area contributed by atoms with E-state index >= 15 is 0 Å². The Balaban J connectivity index is 2.45. The summed E-state index contributed by atoms with van der Waals surface area (Å²) in [4.78, 5) is 0. The van der Waals surface area contributed by atoms with E-state index in [1.165, 1.54) is 12.1 Å². The van der Waals surface area contributed by atoms with Gasteiger partial charge in [-0.15, -0.1) is 0 Å². The van der Waals surface area contributed by atoms with Gasteiger partial charge in [0.1, 0.15) is 5.82 Å². The van der Waals surface area contributed by atoms with Crippen molar-refractivity contribution in [3.63, 3.8) is 0 Å². The molecule has 0 aliphatic rings. The van der Waals surface area contributed by atoms with Crippen LogP contribution in [-0.4, -0.2) is 11.7 Å². The summed E-state index contributed by atoms with van der Waals surface area (Å²) in [5.74, 6) is -1.15. The topological polar surface area (TPSA) is 46.2 Å². The Morgan fingerprint density at radius 1 is 1.05 bits per heavy atom. The first-order chi connectivity index (χ1) is 9.56. The highest BCUT2D eigenvalue weighted by atomic mass is 35.5. The van der Waals surface area contributed by atoms with Crippen molar-refractivity contribution in [3.8, 4) is 0 Å². The van der Waals surface area contributed by atoms with Gasteiger partial charge in [-0.2, -0.15) is 0 Å². The van der Waals surface area contributed by atoms with Gasteiger partial charge in [0.15, 0.2) is 0 Å². The third kappa shape index (κ3) is 2.96. The SMILES string of the molecule is NCC(c1c(F)cccc1Cl)C(O)c1ccccc1Cl. The van der Waals surface area contributed by atoms with Gasteiger partial charge in [0.25, 0.3) is 0 Å². The highest BCUT2D eigenvalue weighted by Crippen LogP contribution is 2.37. The van der Waals surface area contributed by atoms with Gasteiger partial charge in [0.05, 0.1) is 6.10 Å². The molecule has 2 rings (SSSR count). The fraction of sp³-hybridized carbons (Fsp3) is 0.200. The number of aliphatic hydroxyl groups is 1. The summed E-state index contributed by atoms with van der Waals surface area (Å²) in [6.45, 7) is 0.0487. The first-order valence-electron chi connectivity index (χ1n) is 6.12. The number of rotatable bonds is 4. The predicted octanol–water partition coefficient (Wildman–Crippen LogP) is 3.91. The van der Waals surface area contributed by atoms with Crippen molar-refractivity contribution in [2.45, 2.75) is 12.0 Å². The molecule has 2 aromatic carbocycles. The Bertz CT molecular complexity index is 586. The molecule has 0 fully saturated rings. The van der Waals surface area contributed by atoms with Gasteiger partial charge >= 0.3 is 0 Å². The maximum atomic E-state index is 14.0. The highest BCUT2D eigenvalue weighted by Gasteiger charge is 2.27. The van der Waals surface area contributed by atoms with E-state index in [4.69, 9.17) is 28.9 Å². The number of aliphatic hydroxyl groups excluding tert-OH is 1. The highest BCUT2D eigenvalue weighted by molar-refractivity contribution is 6.31. The largest absolute Gasteiger partial charge is 0.388 e. The molecular weight excluding hydrogens is 300 g/mol. The van der Waals surface area contributed by atoms with E-state index in [9.17, 15) is 9.50 Å². The van der Waals surface area contributed by atoms with Crippen LogP contribution in [0.3, 0.4) is 0 Å². The second-order valence-electron chi connectivity index (χ2n) is 4.44. The van der Waals surface area contributed by atoms with Crippen molar-refractivity contribution in [2.24, 2.45) is 5.73 Å². The van der Waals surface area contributed by atoms with Crippen molar-refractivity contribution in [1.82, 2.24) is 0 Å². The molecule has 20 heavy (non-hydrogen) atoms. The summed E-state index contributed by atoms with van der Waals surface area (Å²) in [6, 6.07) is 11.2. The predicted molar refractivity (Wildman–Crippen MR) is 79.6 cm³/mol. The summed E-state index contributed by atoms with van der Waals surface area (Å²) < 4.78 is 14.0. The molecule has 2 aromatic rings. The Morgan fingerprint density at radius 2 is 1.70 bits per heavy atom. The van der Waals surface area contributed by atoms with Gasteiger partial charge < -0.3 is 10.8 Å².